The fraction of sp³-hybridized carbons (Fsp3) is 0.375. The van der Waals surface area contributed by atoms with E-state index in [4.69, 9.17) is 5.11 Å². The van der Waals surface area contributed by atoms with Gasteiger partial charge in [0.1, 0.15) is 0 Å². The summed E-state index contributed by atoms with van der Waals surface area (Å²) < 4.78 is 0. The highest BCUT2D eigenvalue weighted by Gasteiger charge is 2.25. The molecule has 2 atom stereocenters. The number of amides is 2. The SMILES string of the molecule is CC(C)c1ccccc1NC(=O)NC1C=CC(C(=O)O)C1. The summed E-state index contributed by atoms with van der Waals surface area (Å²) in [7, 11) is 0. The summed E-state index contributed by atoms with van der Waals surface area (Å²) in [4.78, 5) is 22.9. The van der Waals surface area contributed by atoms with Gasteiger partial charge in [-0.25, -0.2) is 4.79 Å². The lowest BCUT2D eigenvalue weighted by Crippen LogP contribution is -2.36. The van der Waals surface area contributed by atoms with Crippen molar-refractivity contribution in [3.63, 3.8) is 0 Å². The van der Waals surface area contributed by atoms with Crippen LogP contribution in [0.3, 0.4) is 0 Å². The van der Waals surface area contributed by atoms with Gasteiger partial charge < -0.3 is 15.7 Å². The Kier molecular flexibility index (Phi) is 4.62. The van der Waals surface area contributed by atoms with E-state index in [-0.39, 0.29) is 12.1 Å². The summed E-state index contributed by atoms with van der Waals surface area (Å²) in [6.07, 6.45) is 3.75. The van der Waals surface area contributed by atoms with Crippen LogP contribution >= 0.6 is 0 Å². The minimum Gasteiger partial charge on any atom is -0.481 e. The molecule has 0 saturated carbocycles. The molecule has 0 heterocycles. The van der Waals surface area contributed by atoms with Gasteiger partial charge in [-0.1, -0.05) is 44.2 Å². The lowest BCUT2D eigenvalue weighted by molar-refractivity contribution is -0.140. The molecule has 0 aliphatic heterocycles. The number of anilines is 1. The van der Waals surface area contributed by atoms with Gasteiger partial charge in [-0.3, -0.25) is 4.79 Å². The highest BCUT2D eigenvalue weighted by molar-refractivity contribution is 5.90. The molecule has 0 bridgehead atoms. The first-order valence-corrected chi connectivity index (χ1v) is 7.05. The fourth-order valence-electron chi connectivity index (χ4n) is 2.43. The summed E-state index contributed by atoms with van der Waals surface area (Å²) in [6.45, 7) is 4.13. The second-order valence-electron chi connectivity index (χ2n) is 5.51. The van der Waals surface area contributed by atoms with Crippen molar-refractivity contribution in [1.82, 2.24) is 5.32 Å². The Bertz CT molecular complexity index is 566. The number of aliphatic carboxylic acids is 1. The number of hydrogen-bond acceptors (Lipinski definition) is 2. The van der Waals surface area contributed by atoms with Crippen LogP contribution in [0.5, 0.6) is 0 Å². The lowest BCUT2D eigenvalue weighted by atomic mass is 10.0. The maximum absolute atomic E-state index is 12.0. The van der Waals surface area contributed by atoms with E-state index in [1.165, 1.54) is 0 Å². The molecular formula is C16H20N2O3. The molecule has 1 aromatic carbocycles. The van der Waals surface area contributed by atoms with Crippen molar-refractivity contribution in [1.29, 1.82) is 0 Å². The number of carboxylic acids is 1. The molecule has 2 unspecified atom stereocenters. The molecule has 1 aromatic rings. The van der Waals surface area contributed by atoms with Crippen LogP contribution in [0.4, 0.5) is 10.5 Å². The Balaban J connectivity index is 1.94. The average Bonchev–Trinajstić information content (AvgIpc) is 2.87. The second-order valence-corrected chi connectivity index (χ2v) is 5.51. The molecule has 5 nitrogen and oxygen atoms in total. The molecule has 112 valence electrons. The van der Waals surface area contributed by atoms with E-state index in [0.717, 1.165) is 11.3 Å². The van der Waals surface area contributed by atoms with Crippen LogP contribution in [-0.4, -0.2) is 23.1 Å². The molecule has 2 rings (SSSR count). The third kappa shape index (κ3) is 3.84. The van der Waals surface area contributed by atoms with Crippen molar-refractivity contribution >= 4 is 17.7 Å². The number of rotatable bonds is 4. The Labute approximate surface area is 124 Å². The van der Waals surface area contributed by atoms with Crippen molar-refractivity contribution in [3.8, 4) is 0 Å². The van der Waals surface area contributed by atoms with Gasteiger partial charge in [0.2, 0.25) is 0 Å². The standard InChI is InChI=1S/C16H20N2O3/c1-10(2)13-5-3-4-6-14(13)18-16(21)17-12-8-7-11(9-12)15(19)20/h3-8,10-12H,9H2,1-2H3,(H,19,20)(H2,17,18,21). The Morgan fingerprint density at radius 2 is 1.95 bits per heavy atom. The normalized spacial score (nSPS) is 20.5. The molecule has 0 radical (unpaired) electrons. The van der Waals surface area contributed by atoms with Gasteiger partial charge in [0.25, 0.3) is 0 Å². The smallest absolute Gasteiger partial charge is 0.319 e. The zero-order chi connectivity index (χ0) is 15.4. The van der Waals surface area contributed by atoms with E-state index >= 15 is 0 Å². The summed E-state index contributed by atoms with van der Waals surface area (Å²) in [5.74, 6) is -1.07. The Hall–Kier alpha value is -2.30. The minimum atomic E-state index is -0.860. The van der Waals surface area contributed by atoms with Gasteiger partial charge in [-0.2, -0.15) is 0 Å². The van der Waals surface area contributed by atoms with Crippen LogP contribution in [-0.2, 0) is 4.79 Å². The summed E-state index contributed by atoms with van der Waals surface area (Å²) in [6, 6.07) is 7.10. The number of urea groups is 1. The number of carbonyl (C=O) groups is 2. The van der Waals surface area contributed by atoms with Gasteiger partial charge in [-0.05, 0) is 24.0 Å². The molecule has 3 N–H and O–H groups in total. The van der Waals surface area contributed by atoms with E-state index in [0.29, 0.717) is 12.3 Å². The molecule has 0 spiro atoms. The first kappa shape index (κ1) is 15.1. The number of para-hydroxylation sites is 1. The third-order valence-corrected chi connectivity index (χ3v) is 3.55. The maximum atomic E-state index is 12.0. The van der Waals surface area contributed by atoms with Crippen LogP contribution in [0.25, 0.3) is 0 Å². The summed E-state index contributed by atoms with van der Waals surface area (Å²) in [5, 5.41) is 14.5. The minimum absolute atomic E-state index is 0.239. The molecule has 0 saturated heterocycles. The predicted molar refractivity (Wildman–Crippen MR) is 81.4 cm³/mol. The Morgan fingerprint density at radius 1 is 1.24 bits per heavy atom. The first-order chi connectivity index (χ1) is 9.97. The van der Waals surface area contributed by atoms with Gasteiger partial charge in [-0.15, -0.1) is 0 Å². The first-order valence-electron chi connectivity index (χ1n) is 7.05. The Morgan fingerprint density at radius 3 is 2.57 bits per heavy atom. The topological polar surface area (TPSA) is 78.4 Å². The monoisotopic (exact) mass is 288 g/mol. The third-order valence-electron chi connectivity index (χ3n) is 3.55. The molecule has 1 aliphatic carbocycles. The van der Waals surface area contributed by atoms with Gasteiger partial charge >= 0.3 is 12.0 Å². The molecule has 5 heteroatoms. The maximum Gasteiger partial charge on any atom is 0.319 e. The van der Waals surface area contributed by atoms with Crippen molar-refractivity contribution in [2.24, 2.45) is 5.92 Å². The van der Waals surface area contributed by atoms with E-state index in [9.17, 15) is 9.59 Å². The van der Waals surface area contributed by atoms with Crippen LogP contribution in [0.2, 0.25) is 0 Å². The van der Waals surface area contributed by atoms with Gasteiger partial charge in [0.05, 0.1) is 12.0 Å². The van der Waals surface area contributed by atoms with Crippen LogP contribution in [0.15, 0.2) is 36.4 Å². The highest BCUT2D eigenvalue weighted by atomic mass is 16.4. The second kappa shape index (κ2) is 6.43. The molecule has 2 amide bonds. The molecule has 1 aliphatic rings. The highest BCUT2D eigenvalue weighted by Crippen LogP contribution is 2.24. The predicted octanol–water partition coefficient (Wildman–Crippen LogP) is 2.96. The number of hydrogen-bond donors (Lipinski definition) is 3. The zero-order valence-electron chi connectivity index (χ0n) is 12.2. The average molecular weight is 288 g/mol. The van der Waals surface area contributed by atoms with E-state index in [1.807, 2.05) is 24.3 Å². The van der Waals surface area contributed by atoms with E-state index < -0.39 is 11.9 Å². The quantitative estimate of drug-likeness (QED) is 0.745. The molecule has 0 fully saturated rings. The van der Waals surface area contributed by atoms with E-state index in [2.05, 4.69) is 24.5 Å². The summed E-state index contributed by atoms with van der Waals surface area (Å²) >= 11 is 0. The number of carbonyl (C=O) groups excluding carboxylic acids is 1. The van der Waals surface area contributed by atoms with Crippen LogP contribution < -0.4 is 10.6 Å². The number of carboxylic acid groups (broad SMARTS) is 1. The van der Waals surface area contributed by atoms with Gasteiger partial charge in [0.15, 0.2) is 0 Å². The van der Waals surface area contributed by atoms with Crippen molar-refractivity contribution in [2.75, 3.05) is 5.32 Å². The summed E-state index contributed by atoms with van der Waals surface area (Å²) in [5.41, 5.74) is 1.85. The van der Waals surface area contributed by atoms with Crippen LogP contribution in [0.1, 0.15) is 31.7 Å². The lowest BCUT2D eigenvalue weighted by Gasteiger charge is -2.16. The van der Waals surface area contributed by atoms with Crippen LogP contribution in [0, 0.1) is 5.92 Å². The van der Waals surface area contributed by atoms with Gasteiger partial charge in [0, 0.05) is 5.69 Å². The largest absolute Gasteiger partial charge is 0.481 e. The van der Waals surface area contributed by atoms with Crippen molar-refractivity contribution in [2.45, 2.75) is 32.2 Å². The van der Waals surface area contributed by atoms with Crippen molar-refractivity contribution < 1.29 is 14.7 Å². The molecule has 0 aromatic heterocycles. The number of benzene rings is 1. The zero-order valence-corrected chi connectivity index (χ0v) is 12.2. The molecule has 21 heavy (non-hydrogen) atoms. The number of nitrogens with one attached hydrogen (secondary N) is 2. The van der Waals surface area contributed by atoms with Crippen molar-refractivity contribution in [3.05, 3.63) is 42.0 Å². The van der Waals surface area contributed by atoms with E-state index in [1.54, 1.807) is 12.2 Å². The fourth-order valence-corrected chi connectivity index (χ4v) is 2.43. The molecular weight excluding hydrogens is 268 g/mol.